The summed E-state index contributed by atoms with van der Waals surface area (Å²) in [5, 5.41) is 0. The molecule has 0 rings (SSSR count). The molecule has 0 saturated heterocycles. The molecule has 192 valence electrons. The second-order valence-corrected chi connectivity index (χ2v) is 7.81. The van der Waals surface area contributed by atoms with Crippen molar-refractivity contribution in [2.75, 3.05) is 79.3 Å². The van der Waals surface area contributed by atoms with Gasteiger partial charge in [0.25, 0.3) is 7.82 Å². The molecule has 0 atom stereocenters. The Morgan fingerprint density at radius 1 is 0.618 bits per heavy atom. The van der Waals surface area contributed by atoms with Crippen LogP contribution in [-0.2, 0) is 51.6 Å². The van der Waals surface area contributed by atoms with E-state index < -0.39 is 19.8 Å². The molecule has 0 saturated carbocycles. The Kier molecular flexibility index (Phi) is 24.9. The first-order valence-electron chi connectivity index (χ1n) is 10.2. The van der Waals surface area contributed by atoms with Gasteiger partial charge in [0.1, 0.15) is 13.2 Å². The minimum Gasteiger partial charge on any atom is -0.756 e. The first-order valence-corrected chi connectivity index (χ1v) is 11.7. The van der Waals surface area contributed by atoms with Crippen LogP contribution in [0.4, 0.5) is 0 Å². The average molecular weight is 537 g/mol. The number of carbonyl (C=O) groups is 2. The summed E-state index contributed by atoms with van der Waals surface area (Å²) in [6, 6.07) is 0. The van der Waals surface area contributed by atoms with Gasteiger partial charge in [0.05, 0.1) is 66.1 Å². The standard InChI is InChI=1S/C20H35O12P.K/c1-17(2)19(21)29-13-9-25-5-7-27-11-15-31-33(23,24)32-16-12-28-8-6-26-10-14-30-20(22)18(3)4;/h1,3,5-16H2,2,4H3,(H,23,24);/q;+1/p-1. The predicted octanol–water partition coefficient (Wildman–Crippen LogP) is -2.20. The van der Waals surface area contributed by atoms with Crippen LogP contribution >= 0.6 is 7.82 Å². The maximum atomic E-state index is 11.6. The number of esters is 2. The predicted molar refractivity (Wildman–Crippen MR) is 114 cm³/mol. The Morgan fingerprint density at radius 3 is 1.18 bits per heavy atom. The Morgan fingerprint density at radius 2 is 0.882 bits per heavy atom. The number of hydrogen-bond donors (Lipinski definition) is 0. The van der Waals surface area contributed by atoms with Gasteiger partial charge in [-0.15, -0.1) is 0 Å². The van der Waals surface area contributed by atoms with E-state index in [0.717, 1.165) is 0 Å². The van der Waals surface area contributed by atoms with Crippen molar-refractivity contribution in [3.63, 3.8) is 0 Å². The van der Waals surface area contributed by atoms with Crippen LogP contribution in [0.2, 0.25) is 0 Å². The van der Waals surface area contributed by atoms with Gasteiger partial charge in [-0.2, -0.15) is 0 Å². The molecule has 0 aromatic heterocycles. The molecule has 34 heavy (non-hydrogen) atoms. The maximum Gasteiger partial charge on any atom is 1.00 e. The molecule has 0 N–H and O–H groups in total. The molecule has 0 aromatic rings. The number of rotatable bonds is 22. The summed E-state index contributed by atoms with van der Waals surface area (Å²) in [4.78, 5) is 33.8. The van der Waals surface area contributed by atoms with Crippen LogP contribution in [0, 0.1) is 0 Å². The molecule has 12 nitrogen and oxygen atoms in total. The van der Waals surface area contributed by atoms with Crippen LogP contribution in [0.5, 0.6) is 0 Å². The van der Waals surface area contributed by atoms with Gasteiger partial charge in [0, 0.05) is 11.1 Å². The molecule has 0 aromatic carbocycles. The summed E-state index contributed by atoms with van der Waals surface area (Å²) in [5.41, 5.74) is 0.625. The van der Waals surface area contributed by atoms with Gasteiger partial charge < -0.3 is 42.4 Å². The molecule has 0 unspecified atom stereocenters. The zero-order valence-electron chi connectivity index (χ0n) is 20.2. The van der Waals surface area contributed by atoms with Crippen molar-refractivity contribution in [2.45, 2.75) is 13.8 Å². The van der Waals surface area contributed by atoms with Crippen LogP contribution < -0.4 is 56.3 Å². The van der Waals surface area contributed by atoms with Crippen molar-refractivity contribution in [2.24, 2.45) is 0 Å². The van der Waals surface area contributed by atoms with Gasteiger partial charge in [0.15, 0.2) is 0 Å². The fourth-order valence-corrected chi connectivity index (χ4v) is 2.40. The average Bonchev–Trinajstić information content (AvgIpc) is 2.75. The molecule has 0 fully saturated rings. The smallest absolute Gasteiger partial charge is 0.756 e. The first kappa shape index (κ1) is 36.2. The summed E-state index contributed by atoms with van der Waals surface area (Å²) in [5.74, 6) is -0.958. The molecule has 0 spiro atoms. The van der Waals surface area contributed by atoms with Crippen molar-refractivity contribution in [3.05, 3.63) is 24.3 Å². The van der Waals surface area contributed by atoms with E-state index in [4.69, 9.17) is 28.4 Å². The SMILES string of the molecule is C=C(C)C(=O)OCCOCCOCCOP(=O)([O-])OCCOCCOCCOC(=O)C(=C)C.[K+]. The van der Waals surface area contributed by atoms with E-state index in [0.29, 0.717) is 11.1 Å². The number of hydrogen-bond acceptors (Lipinski definition) is 12. The van der Waals surface area contributed by atoms with E-state index in [9.17, 15) is 19.0 Å². The maximum absolute atomic E-state index is 11.6. The molecule has 0 amide bonds. The third-order valence-corrected chi connectivity index (χ3v) is 4.31. The van der Waals surface area contributed by atoms with Crippen LogP contribution in [0.1, 0.15) is 13.8 Å². The van der Waals surface area contributed by atoms with E-state index in [1.165, 1.54) is 0 Å². The van der Waals surface area contributed by atoms with E-state index in [-0.39, 0.29) is 131 Å². The van der Waals surface area contributed by atoms with Crippen LogP contribution in [-0.4, -0.2) is 91.2 Å². The number of phosphoric acid groups is 1. The zero-order valence-corrected chi connectivity index (χ0v) is 24.3. The van der Waals surface area contributed by atoms with Gasteiger partial charge in [0.2, 0.25) is 0 Å². The van der Waals surface area contributed by atoms with Crippen molar-refractivity contribution in [1.82, 2.24) is 0 Å². The van der Waals surface area contributed by atoms with E-state index in [1.807, 2.05) is 0 Å². The summed E-state index contributed by atoms with van der Waals surface area (Å²) in [6.45, 7) is 11.2. The van der Waals surface area contributed by atoms with Gasteiger partial charge in [-0.1, -0.05) is 13.2 Å². The zero-order chi connectivity index (χ0) is 25.0. The second-order valence-electron chi connectivity index (χ2n) is 6.40. The van der Waals surface area contributed by atoms with Crippen molar-refractivity contribution < 1.29 is 108 Å². The molecule has 0 heterocycles. The van der Waals surface area contributed by atoms with Crippen molar-refractivity contribution >= 4 is 19.8 Å². The minimum absolute atomic E-state index is 0. The quantitative estimate of drug-likeness (QED) is 0.0486. The Balaban J connectivity index is 0. The van der Waals surface area contributed by atoms with E-state index >= 15 is 0 Å². The van der Waals surface area contributed by atoms with Crippen LogP contribution in [0.25, 0.3) is 0 Å². The molecule has 0 bridgehead atoms. The molecular formula is C20H34KO12P. The Bertz CT molecular complexity index is 593. The van der Waals surface area contributed by atoms with E-state index in [1.54, 1.807) is 13.8 Å². The van der Waals surface area contributed by atoms with Gasteiger partial charge >= 0.3 is 63.3 Å². The molecule has 14 heteroatoms. The molecule has 0 radical (unpaired) electrons. The normalized spacial score (nSPS) is 10.9. The van der Waals surface area contributed by atoms with Gasteiger partial charge in [-0.25, -0.2) is 9.59 Å². The topological polar surface area (TPSA) is 148 Å². The largest absolute Gasteiger partial charge is 1.00 e. The molecule has 0 aliphatic carbocycles. The van der Waals surface area contributed by atoms with E-state index in [2.05, 4.69) is 22.2 Å². The monoisotopic (exact) mass is 536 g/mol. The third kappa shape index (κ3) is 23.7. The van der Waals surface area contributed by atoms with Crippen LogP contribution in [0.3, 0.4) is 0 Å². The Hall–Kier alpha value is 0.00636. The minimum atomic E-state index is -4.45. The summed E-state index contributed by atoms with van der Waals surface area (Å²) < 4.78 is 51.2. The summed E-state index contributed by atoms with van der Waals surface area (Å²) in [6.07, 6.45) is 0. The summed E-state index contributed by atoms with van der Waals surface area (Å²) in [7, 11) is -4.45. The van der Waals surface area contributed by atoms with Crippen molar-refractivity contribution in [1.29, 1.82) is 0 Å². The summed E-state index contributed by atoms with van der Waals surface area (Å²) >= 11 is 0. The fourth-order valence-electron chi connectivity index (χ4n) is 1.73. The fraction of sp³-hybridized carbons (Fsp3) is 0.700. The van der Waals surface area contributed by atoms with Gasteiger partial charge in [-0.3, -0.25) is 4.57 Å². The first-order chi connectivity index (χ1) is 15.7. The van der Waals surface area contributed by atoms with Crippen molar-refractivity contribution in [3.8, 4) is 0 Å². The number of ether oxygens (including phenoxy) is 6. The number of phosphoric ester groups is 1. The molecule has 0 aliphatic rings. The molecular weight excluding hydrogens is 502 g/mol. The van der Waals surface area contributed by atoms with Crippen LogP contribution in [0.15, 0.2) is 24.3 Å². The number of carbonyl (C=O) groups excluding carboxylic acids is 2. The Labute approximate surface area is 243 Å². The molecule has 0 aliphatic heterocycles. The second kappa shape index (κ2) is 23.4. The van der Waals surface area contributed by atoms with Gasteiger partial charge in [-0.05, 0) is 13.8 Å². The third-order valence-electron chi connectivity index (χ3n) is 3.32.